The summed E-state index contributed by atoms with van der Waals surface area (Å²) in [6, 6.07) is 14.7. The van der Waals surface area contributed by atoms with E-state index in [9.17, 15) is 14.4 Å². The lowest BCUT2D eigenvalue weighted by Gasteiger charge is -1.96. The van der Waals surface area contributed by atoms with E-state index in [0.29, 0.717) is 12.0 Å². The molecule has 0 radical (unpaired) electrons. The number of carbonyl (C=O) groups excluding carboxylic acids is 3. The lowest BCUT2D eigenvalue weighted by atomic mass is 10.1. The van der Waals surface area contributed by atoms with Crippen molar-refractivity contribution in [2.24, 2.45) is 0 Å². The largest absolute Gasteiger partial charge is 0.358 e. The topological polar surface area (TPSA) is 168 Å². The highest BCUT2D eigenvalue weighted by Crippen LogP contribution is 2.16. The van der Waals surface area contributed by atoms with Crippen molar-refractivity contribution in [3.63, 3.8) is 0 Å². The van der Waals surface area contributed by atoms with Crippen molar-refractivity contribution in [1.29, 1.82) is 10.5 Å². The number of H-pyrrole nitrogens is 2. The Morgan fingerprint density at radius 2 is 1.57 bits per heavy atom. The van der Waals surface area contributed by atoms with E-state index in [-0.39, 0.29) is 23.7 Å². The molecule has 0 fully saturated rings. The highest BCUT2D eigenvalue weighted by molar-refractivity contribution is 6.03. The molecule has 0 saturated carbocycles. The number of nitriles is 2. The van der Waals surface area contributed by atoms with Crippen molar-refractivity contribution in [2.45, 2.75) is 19.8 Å². The monoisotopic (exact) mass is 469 g/mol. The minimum atomic E-state index is -0.234. The van der Waals surface area contributed by atoms with Crippen LogP contribution in [0.2, 0.25) is 0 Å². The van der Waals surface area contributed by atoms with Crippen molar-refractivity contribution in [3.8, 4) is 12.1 Å². The molecular formula is C25H23N7O3. The molecule has 0 saturated heterocycles. The number of allylic oxidation sites excluding steroid dienone is 1. The Bertz CT molecular complexity index is 1430. The number of fused-ring (bicyclic) bond motifs is 2. The number of Topliss-reactive ketones (excluding diaryl/α,β-unsaturated/α-hetero) is 1. The number of nitrogens with one attached hydrogen (secondary N) is 3. The Kier molecular flexibility index (Phi) is 10.1. The van der Waals surface area contributed by atoms with E-state index in [0.717, 1.165) is 33.7 Å². The molecule has 10 heteroatoms. The smallest absolute Gasteiger partial charge is 0.233 e. The number of amides is 1. The molecule has 35 heavy (non-hydrogen) atoms. The standard InChI is InChI=1S/C13H11N3O.C8H6N2O.C4H6N2O/c1-2-13(17)11(7-14)5-9-3-4-10-8-15-16-12(10)6-9;11-5-6-1-2-7-4-9-10-8(7)3-6;1-6-4(7)2-3-5/h3-6,8H,2H2,1H3,(H,15,16);1-5H,(H,9,10);2H2,1H3,(H,6,7)/b11-5+;;. The third-order valence-electron chi connectivity index (χ3n) is 4.64. The van der Waals surface area contributed by atoms with Gasteiger partial charge in [0.05, 0.1) is 35.1 Å². The first-order valence-electron chi connectivity index (χ1n) is 10.5. The van der Waals surface area contributed by atoms with Gasteiger partial charge in [0.25, 0.3) is 0 Å². The Labute approximate surface area is 201 Å². The molecule has 176 valence electrons. The highest BCUT2D eigenvalue weighted by atomic mass is 16.1. The first-order chi connectivity index (χ1) is 16.9. The molecule has 2 aromatic heterocycles. The van der Waals surface area contributed by atoms with Crippen LogP contribution in [-0.2, 0) is 9.59 Å². The molecule has 4 aromatic rings. The zero-order valence-electron chi connectivity index (χ0n) is 19.2. The van der Waals surface area contributed by atoms with Gasteiger partial charge >= 0.3 is 0 Å². The molecule has 0 unspecified atom stereocenters. The average Bonchev–Trinajstić information content (AvgIpc) is 3.56. The zero-order valence-corrected chi connectivity index (χ0v) is 19.2. The van der Waals surface area contributed by atoms with Gasteiger partial charge in [-0.25, -0.2) is 0 Å². The fourth-order valence-corrected chi connectivity index (χ4v) is 2.76. The number of aromatic amines is 2. The van der Waals surface area contributed by atoms with Gasteiger partial charge in [0.15, 0.2) is 5.78 Å². The molecule has 1 amide bonds. The van der Waals surface area contributed by atoms with E-state index in [4.69, 9.17) is 10.5 Å². The van der Waals surface area contributed by atoms with Crippen LogP contribution in [0.5, 0.6) is 0 Å². The molecule has 10 nitrogen and oxygen atoms in total. The number of hydrogen-bond acceptors (Lipinski definition) is 7. The van der Waals surface area contributed by atoms with Crippen LogP contribution in [0, 0.1) is 22.7 Å². The third-order valence-corrected chi connectivity index (χ3v) is 4.64. The molecule has 0 aliphatic rings. The summed E-state index contributed by atoms with van der Waals surface area (Å²) in [6.45, 7) is 1.74. The van der Waals surface area contributed by atoms with Gasteiger partial charge in [-0.05, 0) is 23.8 Å². The zero-order chi connectivity index (χ0) is 25.6. The SMILES string of the molecule is CCC(=O)/C(C#N)=C/c1ccc2cn[nH]c2c1.CNC(=O)CC#N.O=Cc1ccc2cn[nH]c2c1. The first-order valence-corrected chi connectivity index (χ1v) is 10.5. The molecule has 0 aliphatic carbocycles. The maximum absolute atomic E-state index is 11.5. The minimum absolute atomic E-state index is 0.0451. The van der Waals surface area contributed by atoms with Gasteiger partial charge in [-0.1, -0.05) is 31.2 Å². The van der Waals surface area contributed by atoms with Gasteiger partial charge < -0.3 is 5.32 Å². The number of aromatic nitrogens is 4. The quantitative estimate of drug-likeness (QED) is 0.228. The van der Waals surface area contributed by atoms with E-state index in [1.807, 2.05) is 30.3 Å². The Morgan fingerprint density at radius 3 is 2.03 bits per heavy atom. The molecule has 2 aromatic carbocycles. The van der Waals surface area contributed by atoms with Crippen LogP contribution in [0.4, 0.5) is 0 Å². The maximum Gasteiger partial charge on any atom is 0.233 e. The van der Waals surface area contributed by atoms with Crippen LogP contribution < -0.4 is 5.32 Å². The summed E-state index contributed by atoms with van der Waals surface area (Å²) in [4.78, 5) is 31.9. The van der Waals surface area contributed by atoms with Crippen LogP contribution in [0.25, 0.3) is 27.9 Å². The van der Waals surface area contributed by atoms with E-state index < -0.39 is 0 Å². The van der Waals surface area contributed by atoms with Crippen LogP contribution in [0.15, 0.2) is 54.4 Å². The number of carbonyl (C=O) groups is 3. The Morgan fingerprint density at radius 1 is 1.00 bits per heavy atom. The molecule has 2 heterocycles. The van der Waals surface area contributed by atoms with Crippen molar-refractivity contribution in [1.82, 2.24) is 25.7 Å². The van der Waals surface area contributed by atoms with Crippen molar-refractivity contribution in [2.75, 3.05) is 7.05 Å². The van der Waals surface area contributed by atoms with Crippen molar-refractivity contribution in [3.05, 3.63) is 65.5 Å². The van der Waals surface area contributed by atoms with Gasteiger partial charge in [-0.15, -0.1) is 0 Å². The number of aldehydes is 1. The average molecular weight is 470 g/mol. The maximum atomic E-state index is 11.5. The Hall–Kier alpha value is -5.09. The molecule has 4 rings (SSSR count). The second kappa shape index (κ2) is 13.5. The third kappa shape index (κ3) is 7.77. The summed E-state index contributed by atoms with van der Waals surface area (Å²) >= 11 is 0. The number of hydrogen-bond donors (Lipinski definition) is 3. The summed E-state index contributed by atoms with van der Waals surface area (Å²) in [7, 11) is 1.50. The highest BCUT2D eigenvalue weighted by Gasteiger charge is 2.06. The van der Waals surface area contributed by atoms with Crippen molar-refractivity contribution >= 4 is 45.9 Å². The van der Waals surface area contributed by atoms with Gasteiger partial charge in [0.2, 0.25) is 5.91 Å². The summed E-state index contributed by atoms with van der Waals surface area (Å²) < 4.78 is 0. The number of ketones is 1. The van der Waals surface area contributed by atoms with Crippen LogP contribution in [-0.4, -0.2) is 45.4 Å². The molecular weight excluding hydrogens is 446 g/mol. The van der Waals surface area contributed by atoms with E-state index in [2.05, 4.69) is 25.7 Å². The molecule has 3 N–H and O–H groups in total. The van der Waals surface area contributed by atoms with Crippen molar-refractivity contribution < 1.29 is 14.4 Å². The number of rotatable bonds is 5. The fourth-order valence-electron chi connectivity index (χ4n) is 2.76. The number of benzene rings is 2. The first kappa shape index (κ1) is 26.2. The summed E-state index contributed by atoms with van der Waals surface area (Å²) in [5.41, 5.74) is 3.46. The van der Waals surface area contributed by atoms with Gasteiger partial charge in [0, 0.05) is 29.8 Å². The normalized spacial score (nSPS) is 10.1. The predicted molar refractivity (Wildman–Crippen MR) is 131 cm³/mol. The molecule has 0 spiro atoms. The minimum Gasteiger partial charge on any atom is -0.358 e. The molecule has 0 atom stereocenters. The van der Waals surface area contributed by atoms with E-state index in [1.165, 1.54) is 7.05 Å². The van der Waals surface area contributed by atoms with Gasteiger partial charge in [0.1, 0.15) is 18.8 Å². The van der Waals surface area contributed by atoms with E-state index >= 15 is 0 Å². The van der Waals surface area contributed by atoms with Gasteiger partial charge in [-0.2, -0.15) is 20.7 Å². The molecule has 0 bridgehead atoms. The second-order valence-electron chi connectivity index (χ2n) is 7.01. The fraction of sp³-hybridized carbons (Fsp3) is 0.160. The summed E-state index contributed by atoms with van der Waals surface area (Å²) in [5.74, 6) is -0.375. The lowest BCUT2D eigenvalue weighted by molar-refractivity contribution is -0.119. The van der Waals surface area contributed by atoms with Crippen LogP contribution in [0.3, 0.4) is 0 Å². The second-order valence-corrected chi connectivity index (χ2v) is 7.01. The van der Waals surface area contributed by atoms with E-state index in [1.54, 1.807) is 43.6 Å². The van der Waals surface area contributed by atoms with Crippen LogP contribution in [0.1, 0.15) is 35.7 Å². The summed E-state index contributed by atoms with van der Waals surface area (Å²) in [5, 5.41) is 34.5. The predicted octanol–water partition coefficient (Wildman–Crippen LogP) is 3.47. The Balaban J connectivity index is 0.000000206. The summed E-state index contributed by atoms with van der Waals surface area (Å²) in [6.07, 6.45) is 6.17. The van der Waals surface area contributed by atoms with Crippen LogP contribution >= 0.6 is 0 Å². The number of nitrogens with zero attached hydrogens (tertiary/aromatic N) is 4. The lowest BCUT2D eigenvalue weighted by Crippen LogP contribution is -2.15. The van der Waals surface area contributed by atoms with Gasteiger partial charge in [-0.3, -0.25) is 24.6 Å². The molecule has 0 aliphatic heterocycles.